The summed E-state index contributed by atoms with van der Waals surface area (Å²) >= 11 is 0. The molecule has 88 valence electrons. The summed E-state index contributed by atoms with van der Waals surface area (Å²) in [6.07, 6.45) is 3.51. The van der Waals surface area contributed by atoms with Gasteiger partial charge in [-0.2, -0.15) is 0 Å². The third-order valence-corrected chi connectivity index (χ3v) is 3.16. The van der Waals surface area contributed by atoms with E-state index in [1.54, 1.807) is 0 Å². The minimum atomic E-state index is 0.575. The van der Waals surface area contributed by atoms with Crippen LogP contribution in [-0.2, 0) is 11.2 Å². The number of nitrogens with one attached hydrogen (secondary N) is 1. The van der Waals surface area contributed by atoms with Crippen LogP contribution in [0.4, 0.5) is 0 Å². The van der Waals surface area contributed by atoms with Gasteiger partial charge < -0.3 is 10.1 Å². The van der Waals surface area contributed by atoms with Crippen molar-refractivity contribution in [2.75, 3.05) is 13.2 Å². The Balaban J connectivity index is 1.69. The highest BCUT2D eigenvalue weighted by molar-refractivity contribution is 5.14. The zero-order valence-corrected chi connectivity index (χ0v) is 9.99. The Kier molecular flexibility index (Phi) is 4.37. The predicted octanol–water partition coefficient (Wildman–Crippen LogP) is 2.39. The standard InChI is InChI=1S/C14H21NO/c1-12(15-14-9-10-16-11-14)7-8-13-5-3-2-4-6-13/h2-6,12,14-15H,7-11H2,1H3. The summed E-state index contributed by atoms with van der Waals surface area (Å²) in [5.74, 6) is 0. The maximum Gasteiger partial charge on any atom is 0.0620 e. The molecule has 0 saturated carbocycles. The molecule has 1 N–H and O–H groups in total. The second-order valence-electron chi connectivity index (χ2n) is 4.65. The molecule has 0 spiro atoms. The van der Waals surface area contributed by atoms with Crippen LogP contribution in [-0.4, -0.2) is 25.3 Å². The van der Waals surface area contributed by atoms with Gasteiger partial charge in [0, 0.05) is 18.7 Å². The molecule has 1 aliphatic rings. The average molecular weight is 219 g/mol. The highest BCUT2D eigenvalue weighted by atomic mass is 16.5. The van der Waals surface area contributed by atoms with E-state index in [4.69, 9.17) is 4.74 Å². The van der Waals surface area contributed by atoms with Crippen LogP contribution in [0, 0.1) is 0 Å². The number of ether oxygens (including phenoxy) is 1. The number of hydrogen-bond acceptors (Lipinski definition) is 2. The van der Waals surface area contributed by atoms with Crippen LogP contribution in [0.5, 0.6) is 0 Å². The first kappa shape index (κ1) is 11.6. The molecule has 0 aromatic heterocycles. The van der Waals surface area contributed by atoms with Crippen LogP contribution in [0.3, 0.4) is 0 Å². The summed E-state index contributed by atoms with van der Waals surface area (Å²) in [5, 5.41) is 3.62. The summed E-state index contributed by atoms with van der Waals surface area (Å²) in [7, 11) is 0. The molecule has 2 atom stereocenters. The van der Waals surface area contributed by atoms with Gasteiger partial charge in [0.15, 0.2) is 0 Å². The third-order valence-electron chi connectivity index (χ3n) is 3.16. The average Bonchev–Trinajstić information content (AvgIpc) is 2.81. The van der Waals surface area contributed by atoms with Gasteiger partial charge in [-0.1, -0.05) is 30.3 Å². The number of benzene rings is 1. The second kappa shape index (κ2) is 6.02. The Morgan fingerprint density at radius 2 is 2.19 bits per heavy atom. The van der Waals surface area contributed by atoms with Crippen molar-refractivity contribution in [2.45, 2.75) is 38.3 Å². The first-order chi connectivity index (χ1) is 7.84. The molecule has 1 heterocycles. The van der Waals surface area contributed by atoms with Crippen molar-refractivity contribution >= 4 is 0 Å². The monoisotopic (exact) mass is 219 g/mol. The van der Waals surface area contributed by atoms with Crippen molar-refractivity contribution in [2.24, 2.45) is 0 Å². The van der Waals surface area contributed by atoms with Gasteiger partial charge in [-0.3, -0.25) is 0 Å². The van der Waals surface area contributed by atoms with Gasteiger partial charge in [-0.25, -0.2) is 0 Å². The summed E-state index contributed by atoms with van der Waals surface area (Å²) < 4.78 is 5.36. The molecule has 2 nitrogen and oxygen atoms in total. The Bertz CT molecular complexity index is 293. The highest BCUT2D eigenvalue weighted by Crippen LogP contribution is 2.08. The molecule has 0 bridgehead atoms. The van der Waals surface area contributed by atoms with E-state index in [0.29, 0.717) is 12.1 Å². The van der Waals surface area contributed by atoms with E-state index in [9.17, 15) is 0 Å². The van der Waals surface area contributed by atoms with E-state index in [1.807, 2.05) is 0 Å². The molecule has 2 heteroatoms. The molecule has 1 fully saturated rings. The van der Waals surface area contributed by atoms with E-state index >= 15 is 0 Å². The molecular weight excluding hydrogens is 198 g/mol. The van der Waals surface area contributed by atoms with Gasteiger partial charge in [-0.15, -0.1) is 0 Å². The van der Waals surface area contributed by atoms with Gasteiger partial charge in [-0.05, 0) is 31.7 Å². The molecule has 1 aromatic carbocycles. The Morgan fingerprint density at radius 3 is 2.88 bits per heavy atom. The fourth-order valence-electron chi connectivity index (χ4n) is 2.18. The summed E-state index contributed by atoms with van der Waals surface area (Å²) in [6.45, 7) is 4.07. The van der Waals surface area contributed by atoms with E-state index in [-0.39, 0.29) is 0 Å². The maximum absolute atomic E-state index is 5.36. The van der Waals surface area contributed by atoms with Crippen LogP contribution >= 0.6 is 0 Å². The van der Waals surface area contributed by atoms with Crippen LogP contribution < -0.4 is 5.32 Å². The van der Waals surface area contributed by atoms with Crippen molar-refractivity contribution in [3.8, 4) is 0 Å². The lowest BCUT2D eigenvalue weighted by Crippen LogP contribution is -2.37. The van der Waals surface area contributed by atoms with E-state index in [1.165, 1.54) is 12.0 Å². The quantitative estimate of drug-likeness (QED) is 0.821. The van der Waals surface area contributed by atoms with Crippen LogP contribution in [0.1, 0.15) is 25.3 Å². The second-order valence-corrected chi connectivity index (χ2v) is 4.65. The molecule has 0 amide bonds. The van der Waals surface area contributed by atoms with Gasteiger partial charge in [0.25, 0.3) is 0 Å². The molecule has 1 aliphatic heterocycles. The van der Waals surface area contributed by atoms with E-state index in [0.717, 1.165) is 26.1 Å². The fourth-order valence-corrected chi connectivity index (χ4v) is 2.18. The van der Waals surface area contributed by atoms with Crippen molar-refractivity contribution in [1.29, 1.82) is 0 Å². The molecule has 1 saturated heterocycles. The zero-order valence-electron chi connectivity index (χ0n) is 9.99. The summed E-state index contributed by atoms with van der Waals surface area (Å²) in [5.41, 5.74) is 1.43. The van der Waals surface area contributed by atoms with Crippen molar-refractivity contribution in [3.63, 3.8) is 0 Å². The SMILES string of the molecule is CC(CCc1ccccc1)NC1CCOC1. The topological polar surface area (TPSA) is 21.3 Å². The van der Waals surface area contributed by atoms with Gasteiger partial charge in [0.1, 0.15) is 0 Å². The van der Waals surface area contributed by atoms with Gasteiger partial charge in [0.2, 0.25) is 0 Å². The molecule has 0 aliphatic carbocycles. The summed E-state index contributed by atoms with van der Waals surface area (Å²) in [6, 6.07) is 11.8. The normalized spacial score (nSPS) is 22.2. The minimum Gasteiger partial charge on any atom is -0.380 e. The van der Waals surface area contributed by atoms with Gasteiger partial charge in [0.05, 0.1) is 6.61 Å². The zero-order chi connectivity index (χ0) is 11.2. The Morgan fingerprint density at radius 1 is 1.38 bits per heavy atom. The van der Waals surface area contributed by atoms with Gasteiger partial charge >= 0.3 is 0 Å². The van der Waals surface area contributed by atoms with Crippen LogP contribution in [0.2, 0.25) is 0 Å². The Hall–Kier alpha value is -0.860. The maximum atomic E-state index is 5.36. The molecule has 2 rings (SSSR count). The molecular formula is C14H21NO. The minimum absolute atomic E-state index is 0.575. The van der Waals surface area contributed by atoms with Crippen molar-refractivity contribution < 1.29 is 4.74 Å². The molecule has 2 unspecified atom stereocenters. The van der Waals surface area contributed by atoms with Crippen molar-refractivity contribution in [1.82, 2.24) is 5.32 Å². The summed E-state index contributed by atoms with van der Waals surface area (Å²) in [4.78, 5) is 0. The lowest BCUT2D eigenvalue weighted by molar-refractivity contribution is 0.188. The number of rotatable bonds is 5. The van der Waals surface area contributed by atoms with E-state index < -0.39 is 0 Å². The van der Waals surface area contributed by atoms with Crippen LogP contribution in [0.25, 0.3) is 0 Å². The molecule has 16 heavy (non-hydrogen) atoms. The van der Waals surface area contributed by atoms with E-state index in [2.05, 4.69) is 42.6 Å². The Labute approximate surface area is 98.0 Å². The number of hydrogen-bond donors (Lipinski definition) is 1. The first-order valence-corrected chi connectivity index (χ1v) is 6.22. The fraction of sp³-hybridized carbons (Fsp3) is 0.571. The third kappa shape index (κ3) is 3.62. The first-order valence-electron chi connectivity index (χ1n) is 6.22. The molecule has 1 aromatic rings. The highest BCUT2D eigenvalue weighted by Gasteiger charge is 2.16. The lowest BCUT2D eigenvalue weighted by Gasteiger charge is -2.18. The predicted molar refractivity (Wildman–Crippen MR) is 66.6 cm³/mol. The largest absolute Gasteiger partial charge is 0.380 e. The number of aryl methyl sites for hydroxylation is 1. The van der Waals surface area contributed by atoms with Crippen LogP contribution in [0.15, 0.2) is 30.3 Å². The molecule has 0 radical (unpaired) electrons. The van der Waals surface area contributed by atoms with Crippen molar-refractivity contribution in [3.05, 3.63) is 35.9 Å². The lowest BCUT2D eigenvalue weighted by atomic mass is 10.1. The smallest absolute Gasteiger partial charge is 0.0620 e.